The highest BCUT2D eigenvalue weighted by Crippen LogP contribution is 2.29. The monoisotopic (exact) mass is 418 g/mol. The standard InChI is InChI=1S/C19H22N4O3S2/c1-5-23(4)28(25,26)15-9-10-16-17(12-15)27-19(20-16)21-18(24)13-7-6-8-14(11-13)22(2)3/h6-12H,5H2,1-4H3,(H,20,21,24). The summed E-state index contributed by atoms with van der Waals surface area (Å²) in [6.45, 7) is 2.16. The van der Waals surface area contributed by atoms with E-state index in [1.165, 1.54) is 21.7 Å². The smallest absolute Gasteiger partial charge is 0.257 e. The quantitative estimate of drug-likeness (QED) is 0.664. The summed E-state index contributed by atoms with van der Waals surface area (Å²) >= 11 is 1.24. The Morgan fingerprint density at radius 3 is 2.57 bits per heavy atom. The summed E-state index contributed by atoms with van der Waals surface area (Å²) in [5, 5.41) is 3.22. The first-order valence-electron chi connectivity index (χ1n) is 8.68. The minimum atomic E-state index is -3.53. The molecule has 0 saturated carbocycles. The van der Waals surface area contributed by atoms with E-state index < -0.39 is 10.0 Å². The zero-order chi connectivity index (χ0) is 20.5. The van der Waals surface area contributed by atoms with Gasteiger partial charge in [-0.3, -0.25) is 10.1 Å². The fraction of sp³-hybridized carbons (Fsp3) is 0.263. The third kappa shape index (κ3) is 4.01. The lowest BCUT2D eigenvalue weighted by molar-refractivity contribution is 0.102. The molecule has 0 radical (unpaired) electrons. The second-order valence-corrected chi connectivity index (χ2v) is 9.54. The van der Waals surface area contributed by atoms with E-state index in [0.717, 1.165) is 5.69 Å². The van der Waals surface area contributed by atoms with Crippen molar-refractivity contribution in [2.45, 2.75) is 11.8 Å². The normalized spacial score (nSPS) is 11.8. The van der Waals surface area contributed by atoms with Crippen molar-refractivity contribution in [2.75, 3.05) is 37.9 Å². The van der Waals surface area contributed by atoms with Crippen LogP contribution in [0.4, 0.5) is 10.8 Å². The predicted molar refractivity (Wildman–Crippen MR) is 114 cm³/mol. The largest absolute Gasteiger partial charge is 0.378 e. The number of aromatic nitrogens is 1. The predicted octanol–water partition coefficient (Wildman–Crippen LogP) is 3.26. The van der Waals surface area contributed by atoms with Gasteiger partial charge >= 0.3 is 0 Å². The summed E-state index contributed by atoms with van der Waals surface area (Å²) < 4.78 is 27.0. The maximum atomic E-state index is 12.6. The van der Waals surface area contributed by atoms with Gasteiger partial charge in [0.05, 0.1) is 15.1 Å². The van der Waals surface area contributed by atoms with Crippen LogP contribution in [0.2, 0.25) is 0 Å². The molecular formula is C19H22N4O3S2. The van der Waals surface area contributed by atoms with E-state index >= 15 is 0 Å². The van der Waals surface area contributed by atoms with Crippen molar-refractivity contribution in [3.8, 4) is 0 Å². The van der Waals surface area contributed by atoms with Gasteiger partial charge in [0, 0.05) is 38.9 Å². The highest BCUT2D eigenvalue weighted by atomic mass is 32.2. The fourth-order valence-corrected chi connectivity index (χ4v) is 4.74. The van der Waals surface area contributed by atoms with Crippen molar-refractivity contribution in [1.82, 2.24) is 9.29 Å². The van der Waals surface area contributed by atoms with E-state index in [4.69, 9.17) is 0 Å². The first kappa shape index (κ1) is 20.2. The van der Waals surface area contributed by atoms with E-state index in [1.807, 2.05) is 31.1 Å². The van der Waals surface area contributed by atoms with Crippen LogP contribution in [0.3, 0.4) is 0 Å². The molecule has 7 nitrogen and oxygen atoms in total. The molecule has 28 heavy (non-hydrogen) atoms. The third-order valence-electron chi connectivity index (χ3n) is 4.36. The zero-order valence-corrected chi connectivity index (χ0v) is 17.8. The molecule has 0 aliphatic rings. The van der Waals surface area contributed by atoms with Crippen molar-refractivity contribution in [2.24, 2.45) is 0 Å². The molecule has 0 saturated heterocycles. The van der Waals surface area contributed by atoms with Crippen molar-refractivity contribution >= 4 is 48.3 Å². The average Bonchev–Trinajstić information content (AvgIpc) is 3.08. The number of hydrogen-bond donors (Lipinski definition) is 1. The van der Waals surface area contributed by atoms with Crippen molar-refractivity contribution < 1.29 is 13.2 Å². The number of rotatable bonds is 6. The molecule has 0 fully saturated rings. The SMILES string of the molecule is CCN(C)S(=O)(=O)c1ccc2nc(NC(=O)c3cccc(N(C)C)c3)sc2c1. The topological polar surface area (TPSA) is 82.6 Å². The fourth-order valence-electron chi connectivity index (χ4n) is 2.56. The molecule has 0 aliphatic carbocycles. The zero-order valence-electron chi connectivity index (χ0n) is 16.1. The number of carbonyl (C=O) groups excluding carboxylic acids is 1. The van der Waals surface area contributed by atoms with Crippen LogP contribution in [0, 0.1) is 0 Å². The van der Waals surface area contributed by atoms with Crippen LogP contribution in [0.5, 0.6) is 0 Å². The lowest BCUT2D eigenvalue weighted by Gasteiger charge is -2.14. The minimum Gasteiger partial charge on any atom is -0.378 e. The van der Waals surface area contributed by atoms with Gasteiger partial charge in [-0.25, -0.2) is 17.7 Å². The lowest BCUT2D eigenvalue weighted by atomic mass is 10.2. The van der Waals surface area contributed by atoms with Gasteiger partial charge in [0.2, 0.25) is 10.0 Å². The van der Waals surface area contributed by atoms with E-state index in [1.54, 1.807) is 38.2 Å². The lowest BCUT2D eigenvalue weighted by Crippen LogP contribution is -2.26. The summed E-state index contributed by atoms with van der Waals surface area (Å²) in [7, 11) is 1.83. The van der Waals surface area contributed by atoms with Crippen molar-refractivity contribution in [3.05, 3.63) is 48.0 Å². The van der Waals surface area contributed by atoms with E-state index in [9.17, 15) is 13.2 Å². The first-order valence-corrected chi connectivity index (χ1v) is 10.9. The molecule has 0 spiro atoms. The van der Waals surface area contributed by atoms with Crippen LogP contribution in [0.1, 0.15) is 17.3 Å². The van der Waals surface area contributed by atoms with E-state index in [0.29, 0.717) is 27.5 Å². The number of benzene rings is 2. The Morgan fingerprint density at radius 1 is 1.14 bits per heavy atom. The first-order chi connectivity index (χ1) is 13.2. The number of nitrogens with zero attached hydrogens (tertiary/aromatic N) is 3. The Bertz CT molecular complexity index is 1120. The molecule has 1 aromatic heterocycles. The molecule has 2 aromatic carbocycles. The minimum absolute atomic E-state index is 0.213. The Morgan fingerprint density at radius 2 is 1.89 bits per heavy atom. The number of nitrogens with one attached hydrogen (secondary N) is 1. The Balaban J connectivity index is 1.87. The maximum absolute atomic E-state index is 12.6. The van der Waals surface area contributed by atoms with E-state index in [2.05, 4.69) is 10.3 Å². The molecular weight excluding hydrogens is 396 g/mol. The molecule has 0 bridgehead atoms. The van der Waals surface area contributed by atoms with Gasteiger partial charge in [0.25, 0.3) is 5.91 Å². The second-order valence-electron chi connectivity index (χ2n) is 6.47. The van der Waals surface area contributed by atoms with Gasteiger partial charge in [-0.1, -0.05) is 24.3 Å². The number of hydrogen-bond acceptors (Lipinski definition) is 6. The van der Waals surface area contributed by atoms with Crippen LogP contribution >= 0.6 is 11.3 Å². The van der Waals surface area contributed by atoms with Crippen molar-refractivity contribution in [3.63, 3.8) is 0 Å². The van der Waals surface area contributed by atoms with Gasteiger partial charge in [0.15, 0.2) is 5.13 Å². The highest BCUT2D eigenvalue weighted by molar-refractivity contribution is 7.89. The number of sulfonamides is 1. The molecule has 3 aromatic rings. The number of thiazole rings is 1. The molecule has 3 rings (SSSR count). The Labute approximate surface area is 168 Å². The molecule has 1 amide bonds. The van der Waals surface area contributed by atoms with Gasteiger partial charge in [-0.2, -0.15) is 0 Å². The summed E-state index contributed by atoms with van der Waals surface area (Å²) in [6, 6.07) is 12.1. The van der Waals surface area contributed by atoms with Gasteiger partial charge in [-0.05, 0) is 36.4 Å². The van der Waals surface area contributed by atoms with Crippen LogP contribution in [-0.4, -0.2) is 51.3 Å². The molecule has 0 atom stereocenters. The molecule has 0 unspecified atom stereocenters. The number of fused-ring (bicyclic) bond motifs is 1. The molecule has 1 N–H and O–H groups in total. The van der Waals surface area contributed by atoms with Crippen molar-refractivity contribution in [1.29, 1.82) is 0 Å². The summed E-state index contributed by atoms with van der Waals surface area (Å²) in [5.41, 5.74) is 2.09. The van der Waals surface area contributed by atoms with E-state index in [-0.39, 0.29) is 10.8 Å². The van der Waals surface area contributed by atoms with Crippen LogP contribution in [-0.2, 0) is 10.0 Å². The Kier molecular flexibility index (Phi) is 5.69. The number of carbonyl (C=O) groups is 1. The summed E-state index contributed by atoms with van der Waals surface area (Å²) in [6.07, 6.45) is 0. The molecule has 9 heteroatoms. The average molecular weight is 419 g/mol. The summed E-state index contributed by atoms with van der Waals surface area (Å²) in [5.74, 6) is -0.263. The van der Waals surface area contributed by atoms with Gasteiger partial charge in [-0.15, -0.1) is 0 Å². The number of anilines is 2. The van der Waals surface area contributed by atoms with Crippen LogP contribution in [0.15, 0.2) is 47.4 Å². The van der Waals surface area contributed by atoms with Gasteiger partial charge in [0.1, 0.15) is 0 Å². The number of amides is 1. The maximum Gasteiger partial charge on any atom is 0.257 e. The summed E-state index contributed by atoms with van der Waals surface area (Å²) in [4.78, 5) is 19.1. The highest BCUT2D eigenvalue weighted by Gasteiger charge is 2.20. The Hall–Kier alpha value is -2.49. The molecule has 148 valence electrons. The molecule has 0 aliphatic heterocycles. The second kappa shape index (κ2) is 7.86. The van der Waals surface area contributed by atoms with Gasteiger partial charge < -0.3 is 4.90 Å². The van der Waals surface area contributed by atoms with Crippen LogP contribution in [0.25, 0.3) is 10.2 Å². The molecule has 1 heterocycles. The van der Waals surface area contributed by atoms with Crippen LogP contribution < -0.4 is 10.2 Å². The third-order valence-corrected chi connectivity index (χ3v) is 7.22.